The van der Waals surface area contributed by atoms with Crippen molar-refractivity contribution in [2.24, 2.45) is 0 Å². The lowest BCUT2D eigenvalue weighted by Crippen LogP contribution is -2.25. The lowest BCUT2D eigenvalue weighted by Gasteiger charge is -2.24. The number of nitrogens with zero attached hydrogens (tertiary/aromatic N) is 2. The van der Waals surface area contributed by atoms with Crippen molar-refractivity contribution >= 4 is 11.8 Å². The molecular formula is C20H24N2O3. The smallest absolute Gasteiger partial charge is 0.339 e. The van der Waals surface area contributed by atoms with E-state index in [1.165, 1.54) is 0 Å². The van der Waals surface area contributed by atoms with Crippen molar-refractivity contribution in [3.63, 3.8) is 0 Å². The van der Waals surface area contributed by atoms with Gasteiger partial charge in [-0.05, 0) is 43.7 Å². The number of carbonyl (C=O) groups is 1. The Hall–Kier alpha value is -2.82. The maximum Gasteiger partial charge on any atom is 0.339 e. The molecule has 0 N–H and O–H groups in total. The highest BCUT2D eigenvalue weighted by molar-refractivity contribution is 5.89. The van der Waals surface area contributed by atoms with Crippen molar-refractivity contribution in [3.8, 4) is 5.75 Å². The molecule has 0 aliphatic rings. The van der Waals surface area contributed by atoms with Crippen LogP contribution in [0.25, 0.3) is 0 Å². The van der Waals surface area contributed by atoms with Crippen molar-refractivity contribution in [1.29, 1.82) is 0 Å². The molecule has 25 heavy (non-hydrogen) atoms. The second-order valence-electron chi connectivity index (χ2n) is 5.79. The molecule has 0 aliphatic carbocycles. The van der Waals surface area contributed by atoms with Crippen LogP contribution in [0.1, 0.15) is 29.8 Å². The molecule has 0 fully saturated rings. The Bertz CT molecular complexity index is 726. The number of rotatable bonds is 8. The predicted molar refractivity (Wildman–Crippen MR) is 99.1 cm³/mol. The van der Waals surface area contributed by atoms with Crippen LogP contribution in [-0.2, 0) is 11.3 Å². The van der Waals surface area contributed by atoms with E-state index in [0.717, 1.165) is 22.7 Å². The quantitative estimate of drug-likeness (QED) is 0.540. The highest BCUT2D eigenvalue weighted by atomic mass is 16.5. The van der Waals surface area contributed by atoms with Crippen LogP contribution in [-0.4, -0.2) is 31.2 Å². The average molecular weight is 340 g/mol. The molecule has 5 heteroatoms. The van der Waals surface area contributed by atoms with E-state index >= 15 is 0 Å². The van der Waals surface area contributed by atoms with Crippen LogP contribution in [0.5, 0.6) is 5.75 Å². The number of ether oxygens (including phenoxy) is 2. The minimum Gasteiger partial charge on any atom is -0.497 e. The second-order valence-corrected chi connectivity index (χ2v) is 5.79. The Morgan fingerprint density at radius 3 is 2.68 bits per heavy atom. The third-order valence-corrected chi connectivity index (χ3v) is 3.55. The highest BCUT2D eigenvalue weighted by Crippen LogP contribution is 2.19. The van der Waals surface area contributed by atoms with E-state index in [-0.39, 0.29) is 5.97 Å². The summed E-state index contributed by atoms with van der Waals surface area (Å²) in [6.07, 6.45) is 1.55. The summed E-state index contributed by atoms with van der Waals surface area (Å²) in [5, 5.41) is 0. The number of aromatic nitrogens is 1. The Balaban J connectivity index is 2.21. The summed E-state index contributed by atoms with van der Waals surface area (Å²) in [6.45, 7) is 9.43. The van der Waals surface area contributed by atoms with E-state index in [2.05, 4.69) is 16.5 Å². The fraction of sp³-hybridized carbons (Fsp3) is 0.300. The minimum absolute atomic E-state index is 0.345. The zero-order valence-electron chi connectivity index (χ0n) is 15.0. The first kappa shape index (κ1) is 18.5. The number of esters is 1. The van der Waals surface area contributed by atoms with Gasteiger partial charge in [-0.1, -0.05) is 24.3 Å². The molecule has 0 atom stereocenters. The Kier molecular flexibility index (Phi) is 6.57. The fourth-order valence-electron chi connectivity index (χ4n) is 2.44. The maximum absolute atomic E-state index is 11.8. The van der Waals surface area contributed by atoms with Gasteiger partial charge in [0.05, 0.1) is 19.3 Å². The van der Waals surface area contributed by atoms with Crippen LogP contribution in [0.4, 0.5) is 5.82 Å². The third kappa shape index (κ3) is 5.35. The largest absolute Gasteiger partial charge is 0.497 e. The van der Waals surface area contributed by atoms with Crippen molar-refractivity contribution in [1.82, 2.24) is 4.98 Å². The first-order valence-electron chi connectivity index (χ1n) is 8.19. The molecule has 1 heterocycles. The molecule has 0 saturated heterocycles. The molecule has 1 aromatic heterocycles. The van der Waals surface area contributed by atoms with Crippen molar-refractivity contribution in [2.75, 3.05) is 25.2 Å². The molecule has 0 spiro atoms. The van der Waals surface area contributed by atoms with E-state index in [1.54, 1.807) is 26.3 Å². The monoisotopic (exact) mass is 340 g/mol. The van der Waals surface area contributed by atoms with Crippen LogP contribution in [0.2, 0.25) is 0 Å². The van der Waals surface area contributed by atoms with Gasteiger partial charge >= 0.3 is 5.97 Å². The molecule has 0 aliphatic heterocycles. The van der Waals surface area contributed by atoms with Gasteiger partial charge in [0.1, 0.15) is 11.6 Å². The van der Waals surface area contributed by atoms with E-state index in [1.807, 2.05) is 37.3 Å². The summed E-state index contributed by atoms with van der Waals surface area (Å²) in [7, 11) is 1.65. The van der Waals surface area contributed by atoms with Gasteiger partial charge in [0, 0.05) is 19.3 Å². The Labute approximate surface area is 148 Å². The van der Waals surface area contributed by atoms with Gasteiger partial charge in [-0.15, -0.1) is 0 Å². The van der Waals surface area contributed by atoms with Crippen LogP contribution >= 0.6 is 0 Å². The summed E-state index contributed by atoms with van der Waals surface area (Å²) >= 11 is 0. The Morgan fingerprint density at radius 2 is 2.08 bits per heavy atom. The van der Waals surface area contributed by atoms with Gasteiger partial charge in [-0.3, -0.25) is 0 Å². The molecule has 1 aromatic carbocycles. The number of anilines is 1. The third-order valence-electron chi connectivity index (χ3n) is 3.55. The zero-order chi connectivity index (χ0) is 18.2. The molecule has 0 amide bonds. The van der Waals surface area contributed by atoms with E-state index < -0.39 is 0 Å². The van der Waals surface area contributed by atoms with Crippen LogP contribution in [0.15, 0.2) is 54.7 Å². The highest BCUT2D eigenvalue weighted by Gasteiger charge is 2.12. The number of methoxy groups -OCH3 is 1. The summed E-state index contributed by atoms with van der Waals surface area (Å²) in [5.41, 5.74) is 2.58. The van der Waals surface area contributed by atoms with Crippen LogP contribution < -0.4 is 9.64 Å². The lowest BCUT2D eigenvalue weighted by atomic mass is 10.2. The summed E-state index contributed by atoms with van der Waals surface area (Å²) in [5.74, 6) is 1.23. The SMILES string of the molecule is C=C(C)CN(Cc1cccc(OC)c1)c1ccc(C(=O)OCC)cn1. The van der Waals surface area contributed by atoms with Gasteiger partial charge in [0.25, 0.3) is 0 Å². The molecule has 0 unspecified atom stereocenters. The summed E-state index contributed by atoms with van der Waals surface area (Å²) < 4.78 is 10.3. The topological polar surface area (TPSA) is 51.7 Å². The first-order valence-corrected chi connectivity index (χ1v) is 8.19. The molecule has 0 radical (unpaired) electrons. The molecule has 5 nitrogen and oxygen atoms in total. The van der Waals surface area contributed by atoms with Crippen molar-refractivity contribution in [2.45, 2.75) is 20.4 Å². The number of hydrogen-bond acceptors (Lipinski definition) is 5. The Morgan fingerprint density at radius 1 is 1.28 bits per heavy atom. The maximum atomic E-state index is 11.8. The van der Waals surface area contributed by atoms with E-state index in [0.29, 0.717) is 25.3 Å². The molecule has 0 bridgehead atoms. The molecule has 2 aromatic rings. The second kappa shape index (κ2) is 8.87. The van der Waals surface area contributed by atoms with Crippen LogP contribution in [0, 0.1) is 0 Å². The first-order chi connectivity index (χ1) is 12.0. The van der Waals surface area contributed by atoms with Gasteiger partial charge < -0.3 is 14.4 Å². The minimum atomic E-state index is -0.360. The number of hydrogen-bond donors (Lipinski definition) is 0. The predicted octanol–water partition coefficient (Wildman–Crippen LogP) is 3.85. The van der Waals surface area contributed by atoms with Crippen molar-refractivity contribution < 1.29 is 14.3 Å². The van der Waals surface area contributed by atoms with Gasteiger partial charge in [0.15, 0.2) is 0 Å². The lowest BCUT2D eigenvalue weighted by molar-refractivity contribution is 0.0526. The van der Waals surface area contributed by atoms with Gasteiger partial charge in [-0.2, -0.15) is 0 Å². The fourth-order valence-corrected chi connectivity index (χ4v) is 2.44. The molecule has 0 saturated carbocycles. The molecule has 132 valence electrons. The zero-order valence-corrected chi connectivity index (χ0v) is 15.0. The summed E-state index contributed by atoms with van der Waals surface area (Å²) in [6, 6.07) is 11.5. The van der Waals surface area contributed by atoms with E-state index in [4.69, 9.17) is 9.47 Å². The number of pyridine rings is 1. The van der Waals surface area contributed by atoms with Crippen molar-refractivity contribution in [3.05, 3.63) is 65.9 Å². The molecule has 2 rings (SSSR count). The average Bonchev–Trinajstić information content (AvgIpc) is 2.61. The van der Waals surface area contributed by atoms with Gasteiger partial charge in [0.2, 0.25) is 0 Å². The normalized spacial score (nSPS) is 10.2. The summed E-state index contributed by atoms with van der Waals surface area (Å²) in [4.78, 5) is 18.3. The van der Waals surface area contributed by atoms with E-state index in [9.17, 15) is 4.79 Å². The number of benzene rings is 1. The van der Waals surface area contributed by atoms with Crippen LogP contribution in [0.3, 0.4) is 0 Å². The molecular weight excluding hydrogens is 316 g/mol. The standard InChI is InChI=1S/C20H24N2O3/c1-5-25-20(23)17-9-10-19(21-12-17)22(13-15(2)3)14-16-7-6-8-18(11-16)24-4/h6-12H,2,5,13-14H2,1,3-4H3. The van der Waals surface area contributed by atoms with Gasteiger partial charge in [-0.25, -0.2) is 9.78 Å². The number of carbonyl (C=O) groups excluding carboxylic acids is 1.